The Bertz CT molecular complexity index is 1200. The minimum atomic E-state index is -0.588. The predicted molar refractivity (Wildman–Crippen MR) is 123 cm³/mol. The summed E-state index contributed by atoms with van der Waals surface area (Å²) in [7, 11) is 0. The van der Waals surface area contributed by atoms with Crippen LogP contribution in [0.4, 0.5) is 4.39 Å². The van der Waals surface area contributed by atoms with E-state index in [1.54, 1.807) is 18.2 Å². The average Bonchev–Trinajstić information content (AvgIpc) is 2.83. The van der Waals surface area contributed by atoms with E-state index in [1.807, 2.05) is 78.9 Å². The molecule has 0 heterocycles. The van der Waals surface area contributed by atoms with E-state index in [0.29, 0.717) is 16.7 Å². The lowest BCUT2D eigenvalue weighted by molar-refractivity contribution is 0.0550. The summed E-state index contributed by atoms with van der Waals surface area (Å²) in [5.74, 6) is -1.04. The normalized spacial score (nSPS) is 10.5. The second-order valence-corrected chi connectivity index (χ2v) is 7.02. The second kappa shape index (κ2) is 9.23. The number of halogens is 1. The van der Waals surface area contributed by atoms with Crippen LogP contribution in [-0.2, 0) is 4.74 Å². The zero-order valence-corrected chi connectivity index (χ0v) is 16.9. The van der Waals surface area contributed by atoms with Crippen molar-refractivity contribution in [3.63, 3.8) is 0 Å². The largest absolute Gasteiger partial charge is 0.458 e. The average molecular weight is 408 g/mol. The lowest BCUT2D eigenvalue weighted by atomic mass is 9.87. The Kier molecular flexibility index (Phi) is 6.04. The first kappa shape index (κ1) is 20.3. The van der Waals surface area contributed by atoms with E-state index in [-0.39, 0.29) is 17.7 Å². The Morgan fingerprint density at radius 2 is 1.26 bits per heavy atom. The van der Waals surface area contributed by atoms with Crippen LogP contribution in [0.25, 0.3) is 33.4 Å². The highest BCUT2D eigenvalue weighted by atomic mass is 19.1. The lowest BCUT2D eigenvalue weighted by Gasteiger charge is -2.18. The second-order valence-electron chi connectivity index (χ2n) is 7.02. The molecule has 0 radical (unpaired) electrons. The van der Waals surface area contributed by atoms with E-state index in [4.69, 9.17) is 4.74 Å². The standard InChI is InChI=1S/C28H21FO2/c1-2-18-31-28(30)24-19-23(20-12-6-3-7-13-20)25(21-14-8-4-9-15-21)27(29)26(24)22-16-10-5-11-17-22/h2-17,19H,1,18H2. The van der Waals surface area contributed by atoms with Gasteiger partial charge in [-0.25, -0.2) is 9.18 Å². The van der Waals surface area contributed by atoms with Gasteiger partial charge in [-0.2, -0.15) is 0 Å². The van der Waals surface area contributed by atoms with Crippen LogP contribution in [0.1, 0.15) is 10.4 Å². The molecule has 0 unspecified atom stereocenters. The maximum atomic E-state index is 16.3. The molecule has 0 fully saturated rings. The van der Waals surface area contributed by atoms with Crippen LogP contribution in [0.2, 0.25) is 0 Å². The lowest BCUT2D eigenvalue weighted by Crippen LogP contribution is -2.10. The summed E-state index contributed by atoms with van der Waals surface area (Å²) in [6, 6.07) is 29.7. The highest BCUT2D eigenvalue weighted by molar-refractivity contribution is 6.02. The van der Waals surface area contributed by atoms with Gasteiger partial charge >= 0.3 is 5.97 Å². The van der Waals surface area contributed by atoms with Crippen molar-refractivity contribution in [2.24, 2.45) is 0 Å². The van der Waals surface area contributed by atoms with E-state index in [1.165, 1.54) is 6.08 Å². The first-order valence-electron chi connectivity index (χ1n) is 10.0. The van der Waals surface area contributed by atoms with E-state index in [2.05, 4.69) is 6.58 Å². The maximum absolute atomic E-state index is 16.3. The van der Waals surface area contributed by atoms with Gasteiger partial charge in [0.25, 0.3) is 0 Å². The predicted octanol–water partition coefficient (Wildman–Crippen LogP) is 7.17. The molecule has 4 aromatic rings. The summed E-state index contributed by atoms with van der Waals surface area (Å²) in [5, 5.41) is 0. The Morgan fingerprint density at radius 3 is 1.77 bits per heavy atom. The third-order valence-corrected chi connectivity index (χ3v) is 5.03. The van der Waals surface area contributed by atoms with Crippen LogP contribution < -0.4 is 0 Å². The highest BCUT2D eigenvalue weighted by Gasteiger charge is 2.25. The molecule has 0 aliphatic carbocycles. The molecule has 0 saturated carbocycles. The molecule has 0 aromatic heterocycles. The number of carbonyl (C=O) groups excluding carboxylic acids is 1. The van der Waals surface area contributed by atoms with Gasteiger partial charge in [-0.15, -0.1) is 0 Å². The van der Waals surface area contributed by atoms with Gasteiger partial charge < -0.3 is 4.74 Å². The van der Waals surface area contributed by atoms with Crippen LogP contribution in [0.15, 0.2) is 110 Å². The van der Waals surface area contributed by atoms with Crippen molar-refractivity contribution in [1.82, 2.24) is 0 Å². The Balaban J connectivity index is 2.07. The van der Waals surface area contributed by atoms with E-state index in [0.717, 1.165) is 11.1 Å². The molecule has 0 amide bonds. The molecule has 0 N–H and O–H groups in total. The van der Waals surface area contributed by atoms with Crippen LogP contribution in [0.3, 0.4) is 0 Å². The molecule has 0 aliphatic rings. The van der Waals surface area contributed by atoms with Crippen molar-refractivity contribution in [3.05, 3.63) is 121 Å². The fraction of sp³-hybridized carbons (Fsp3) is 0.0357. The summed E-state index contributed by atoms with van der Waals surface area (Å²) in [6.45, 7) is 3.64. The van der Waals surface area contributed by atoms with Crippen molar-refractivity contribution in [2.45, 2.75) is 0 Å². The van der Waals surface area contributed by atoms with Crippen molar-refractivity contribution in [1.29, 1.82) is 0 Å². The molecular formula is C28H21FO2. The van der Waals surface area contributed by atoms with E-state index in [9.17, 15) is 4.79 Å². The molecule has 0 bridgehead atoms. The highest BCUT2D eigenvalue weighted by Crippen LogP contribution is 2.41. The number of esters is 1. The van der Waals surface area contributed by atoms with Gasteiger partial charge in [0.1, 0.15) is 12.4 Å². The monoisotopic (exact) mass is 408 g/mol. The molecular weight excluding hydrogens is 387 g/mol. The third-order valence-electron chi connectivity index (χ3n) is 5.03. The molecule has 3 heteroatoms. The van der Waals surface area contributed by atoms with Gasteiger partial charge in [-0.3, -0.25) is 0 Å². The van der Waals surface area contributed by atoms with Gasteiger partial charge in [0, 0.05) is 11.1 Å². The number of benzene rings is 4. The summed E-state index contributed by atoms with van der Waals surface area (Å²) < 4.78 is 21.6. The van der Waals surface area contributed by atoms with Crippen LogP contribution >= 0.6 is 0 Å². The van der Waals surface area contributed by atoms with Crippen molar-refractivity contribution >= 4 is 5.97 Å². The van der Waals surface area contributed by atoms with Gasteiger partial charge in [-0.05, 0) is 28.3 Å². The zero-order valence-electron chi connectivity index (χ0n) is 16.9. The molecule has 4 aromatic carbocycles. The number of hydrogen-bond donors (Lipinski definition) is 0. The molecule has 0 aliphatic heterocycles. The zero-order chi connectivity index (χ0) is 21.6. The van der Waals surface area contributed by atoms with Crippen LogP contribution in [0.5, 0.6) is 0 Å². The molecule has 0 spiro atoms. The quantitative estimate of drug-likeness (QED) is 0.250. The topological polar surface area (TPSA) is 26.3 Å². The maximum Gasteiger partial charge on any atom is 0.339 e. The van der Waals surface area contributed by atoms with Crippen LogP contribution in [0, 0.1) is 5.82 Å². The Hall–Kier alpha value is -3.98. The first-order chi connectivity index (χ1) is 15.2. The summed E-state index contributed by atoms with van der Waals surface area (Å²) in [5.41, 5.74) is 3.67. The molecule has 31 heavy (non-hydrogen) atoms. The number of hydrogen-bond acceptors (Lipinski definition) is 2. The molecule has 0 atom stereocenters. The fourth-order valence-electron chi connectivity index (χ4n) is 3.64. The van der Waals surface area contributed by atoms with Gasteiger partial charge in [-0.1, -0.05) is 104 Å². The summed E-state index contributed by atoms with van der Waals surface area (Å²) in [4.78, 5) is 12.9. The first-order valence-corrected chi connectivity index (χ1v) is 10.0. The summed E-state index contributed by atoms with van der Waals surface area (Å²) >= 11 is 0. The molecule has 152 valence electrons. The van der Waals surface area contributed by atoms with Crippen molar-refractivity contribution in [2.75, 3.05) is 6.61 Å². The smallest absolute Gasteiger partial charge is 0.339 e. The number of ether oxygens (including phenoxy) is 1. The Morgan fingerprint density at radius 1 is 0.774 bits per heavy atom. The third kappa shape index (κ3) is 4.17. The Labute approximate surface area is 181 Å². The SMILES string of the molecule is C=CCOC(=O)c1cc(-c2ccccc2)c(-c2ccccc2)c(F)c1-c1ccccc1. The fourth-order valence-corrected chi connectivity index (χ4v) is 3.64. The molecule has 2 nitrogen and oxygen atoms in total. The van der Waals surface area contributed by atoms with Gasteiger partial charge in [0.05, 0.1) is 5.56 Å². The van der Waals surface area contributed by atoms with Crippen molar-refractivity contribution in [3.8, 4) is 33.4 Å². The minimum Gasteiger partial charge on any atom is -0.458 e. The van der Waals surface area contributed by atoms with Gasteiger partial charge in [0.2, 0.25) is 0 Å². The number of carbonyl (C=O) groups is 1. The van der Waals surface area contributed by atoms with E-state index < -0.39 is 11.8 Å². The minimum absolute atomic E-state index is 0.0514. The summed E-state index contributed by atoms with van der Waals surface area (Å²) in [6.07, 6.45) is 1.49. The van der Waals surface area contributed by atoms with Gasteiger partial charge in [0.15, 0.2) is 0 Å². The number of rotatable bonds is 6. The molecule has 4 rings (SSSR count). The van der Waals surface area contributed by atoms with E-state index >= 15 is 4.39 Å². The van der Waals surface area contributed by atoms with Crippen LogP contribution in [-0.4, -0.2) is 12.6 Å². The molecule has 0 saturated heterocycles. The van der Waals surface area contributed by atoms with Crippen molar-refractivity contribution < 1.29 is 13.9 Å².